The van der Waals surface area contributed by atoms with E-state index >= 15 is 0 Å². The Hall–Kier alpha value is -2.89. The van der Waals surface area contributed by atoms with Crippen molar-refractivity contribution in [3.8, 4) is 5.75 Å². The maximum absolute atomic E-state index is 11.9. The highest BCUT2D eigenvalue weighted by Gasteiger charge is 2.08. The molecule has 1 N–H and O–H groups in total. The number of rotatable bonds is 7. The average molecular weight is 328 g/mol. The Morgan fingerprint density at radius 2 is 1.96 bits per heavy atom. The molecule has 0 spiro atoms. The number of hydrogen-bond donors (Lipinski definition) is 1. The van der Waals surface area contributed by atoms with E-state index in [9.17, 15) is 14.9 Å². The molecule has 0 heterocycles. The Morgan fingerprint density at radius 3 is 2.71 bits per heavy atom. The van der Waals surface area contributed by atoms with E-state index in [-0.39, 0.29) is 18.0 Å². The minimum atomic E-state index is -0.492. The molecule has 2 rings (SSSR count). The predicted octanol–water partition coefficient (Wildman–Crippen LogP) is 4.01. The number of carbonyl (C=O) groups is 1. The van der Waals surface area contributed by atoms with E-state index in [1.54, 1.807) is 6.07 Å². The maximum atomic E-state index is 11.9. The number of carbonyl (C=O) groups excluding carboxylic acids is 1. The Balaban J connectivity index is 1.78. The molecule has 0 saturated heterocycles. The molecule has 0 radical (unpaired) electrons. The van der Waals surface area contributed by atoms with Gasteiger partial charge in [0.2, 0.25) is 5.91 Å². The lowest BCUT2D eigenvalue weighted by Crippen LogP contribution is -2.13. The number of nitro benzene ring substituents is 1. The fourth-order valence-electron chi connectivity index (χ4n) is 2.22. The molecule has 0 aliphatic rings. The standard InChI is InChI=1S/C18H20N2O4/c1-13-6-3-9-17(14(13)2)24-11-5-10-18(21)19-15-7-4-8-16(12-15)20(22)23/h3-4,6-9,12H,5,10-11H2,1-2H3,(H,19,21). The zero-order valence-electron chi connectivity index (χ0n) is 13.7. The molecule has 2 aromatic rings. The summed E-state index contributed by atoms with van der Waals surface area (Å²) in [6.07, 6.45) is 0.849. The van der Waals surface area contributed by atoms with Crippen molar-refractivity contribution in [2.24, 2.45) is 0 Å². The van der Waals surface area contributed by atoms with Gasteiger partial charge in [0.05, 0.1) is 11.5 Å². The minimum Gasteiger partial charge on any atom is -0.493 e. The molecule has 0 aliphatic heterocycles. The van der Waals surface area contributed by atoms with E-state index in [1.165, 1.54) is 18.2 Å². The smallest absolute Gasteiger partial charge is 0.271 e. The summed E-state index contributed by atoms with van der Waals surface area (Å²) in [6.45, 7) is 4.46. The third-order valence-electron chi connectivity index (χ3n) is 3.70. The molecule has 2 aromatic carbocycles. The van der Waals surface area contributed by atoms with Gasteiger partial charge in [0.15, 0.2) is 0 Å². The van der Waals surface area contributed by atoms with Gasteiger partial charge in [-0.2, -0.15) is 0 Å². The van der Waals surface area contributed by atoms with Crippen LogP contribution in [0.4, 0.5) is 11.4 Å². The van der Waals surface area contributed by atoms with Crippen LogP contribution < -0.4 is 10.1 Å². The number of non-ortho nitro benzene ring substituents is 1. The molecule has 0 aliphatic carbocycles. The van der Waals surface area contributed by atoms with Crippen LogP contribution in [-0.4, -0.2) is 17.4 Å². The fourth-order valence-corrected chi connectivity index (χ4v) is 2.22. The first kappa shape index (κ1) is 17.5. The number of benzene rings is 2. The highest BCUT2D eigenvalue weighted by molar-refractivity contribution is 5.90. The summed E-state index contributed by atoms with van der Waals surface area (Å²) in [5.41, 5.74) is 2.63. The molecular weight excluding hydrogens is 308 g/mol. The maximum Gasteiger partial charge on any atom is 0.271 e. The molecule has 1 amide bonds. The van der Waals surface area contributed by atoms with Crippen molar-refractivity contribution in [1.82, 2.24) is 0 Å². The molecule has 6 heteroatoms. The summed E-state index contributed by atoms with van der Waals surface area (Å²) in [4.78, 5) is 22.1. The van der Waals surface area contributed by atoms with Crippen molar-refractivity contribution < 1.29 is 14.5 Å². The van der Waals surface area contributed by atoms with Crippen LogP contribution in [0.15, 0.2) is 42.5 Å². The Labute approximate surface area is 140 Å². The lowest BCUT2D eigenvalue weighted by molar-refractivity contribution is -0.384. The van der Waals surface area contributed by atoms with E-state index in [0.29, 0.717) is 18.7 Å². The van der Waals surface area contributed by atoms with Crippen molar-refractivity contribution >= 4 is 17.3 Å². The van der Waals surface area contributed by atoms with Crippen LogP contribution in [0.25, 0.3) is 0 Å². The van der Waals surface area contributed by atoms with Gasteiger partial charge in [0, 0.05) is 24.2 Å². The zero-order valence-corrected chi connectivity index (χ0v) is 13.7. The van der Waals surface area contributed by atoms with Crippen LogP contribution in [0.1, 0.15) is 24.0 Å². The van der Waals surface area contributed by atoms with Gasteiger partial charge >= 0.3 is 0 Å². The SMILES string of the molecule is Cc1cccc(OCCCC(=O)Nc2cccc([N+](=O)[O-])c2)c1C. The molecule has 6 nitrogen and oxygen atoms in total. The second-order valence-corrected chi connectivity index (χ2v) is 5.51. The number of hydrogen-bond acceptors (Lipinski definition) is 4. The van der Waals surface area contributed by atoms with E-state index in [4.69, 9.17) is 4.74 Å². The van der Waals surface area contributed by atoms with Gasteiger partial charge in [-0.3, -0.25) is 14.9 Å². The van der Waals surface area contributed by atoms with Gasteiger partial charge in [-0.05, 0) is 43.5 Å². The van der Waals surface area contributed by atoms with E-state index in [1.807, 2.05) is 32.0 Å². The molecule has 0 bridgehead atoms. The second-order valence-electron chi connectivity index (χ2n) is 5.51. The Bertz CT molecular complexity index is 744. The quantitative estimate of drug-likeness (QED) is 0.473. The van der Waals surface area contributed by atoms with Crippen molar-refractivity contribution in [1.29, 1.82) is 0 Å². The normalized spacial score (nSPS) is 10.2. The first-order valence-corrected chi connectivity index (χ1v) is 7.70. The summed E-state index contributed by atoms with van der Waals surface area (Å²) >= 11 is 0. The van der Waals surface area contributed by atoms with Crippen LogP contribution in [-0.2, 0) is 4.79 Å². The van der Waals surface area contributed by atoms with Gasteiger partial charge in [0.25, 0.3) is 5.69 Å². The Morgan fingerprint density at radius 1 is 1.21 bits per heavy atom. The highest BCUT2D eigenvalue weighted by Crippen LogP contribution is 2.21. The van der Waals surface area contributed by atoms with Gasteiger partial charge in [-0.1, -0.05) is 18.2 Å². The summed E-state index contributed by atoms with van der Waals surface area (Å²) in [5, 5.41) is 13.4. The zero-order chi connectivity index (χ0) is 17.5. The number of nitrogens with zero attached hydrogens (tertiary/aromatic N) is 1. The van der Waals surface area contributed by atoms with Gasteiger partial charge in [-0.15, -0.1) is 0 Å². The Kier molecular flexibility index (Phi) is 5.89. The molecule has 0 atom stereocenters. The van der Waals surface area contributed by atoms with Crippen LogP contribution in [0.3, 0.4) is 0 Å². The third kappa shape index (κ3) is 4.81. The fraction of sp³-hybridized carbons (Fsp3) is 0.278. The van der Waals surface area contributed by atoms with Gasteiger partial charge < -0.3 is 10.1 Å². The summed E-state index contributed by atoms with van der Waals surface area (Å²) in [6, 6.07) is 11.7. The van der Waals surface area contributed by atoms with Crippen LogP contribution in [0.2, 0.25) is 0 Å². The topological polar surface area (TPSA) is 81.5 Å². The minimum absolute atomic E-state index is 0.0499. The largest absolute Gasteiger partial charge is 0.493 e. The number of anilines is 1. The molecule has 0 unspecified atom stereocenters. The molecule has 24 heavy (non-hydrogen) atoms. The van der Waals surface area contributed by atoms with E-state index in [2.05, 4.69) is 5.32 Å². The van der Waals surface area contributed by atoms with Gasteiger partial charge in [-0.25, -0.2) is 0 Å². The lowest BCUT2D eigenvalue weighted by Gasteiger charge is -2.10. The molecule has 0 fully saturated rings. The molecule has 0 aromatic heterocycles. The number of nitrogens with one attached hydrogen (secondary N) is 1. The number of nitro groups is 1. The second kappa shape index (κ2) is 8.10. The summed E-state index contributed by atoms with van der Waals surface area (Å²) in [5.74, 6) is 0.633. The third-order valence-corrected chi connectivity index (χ3v) is 3.70. The summed E-state index contributed by atoms with van der Waals surface area (Å²) in [7, 11) is 0. The van der Waals surface area contributed by atoms with Crippen LogP contribution >= 0.6 is 0 Å². The average Bonchev–Trinajstić information content (AvgIpc) is 2.55. The van der Waals surface area contributed by atoms with Crippen molar-refractivity contribution in [3.05, 3.63) is 63.7 Å². The van der Waals surface area contributed by atoms with Gasteiger partial charge in [0.1, 0.15) is 5.75 Å². The number of ether oxygens (including phenoxy) is 1. The molecule has 126 valence electrons. The van der Waals surface area contributed by atoms with Crippen LogP contribution in [0.5, 0.6) is 5.75 Å². The first-order valence-electron chi connectivity index (χ1n) is 7.70. The predicted molar refractivity (Wildman–Crippen MR) is 92.4 cm³/mol. The first-order chi connectivity index (χ1) is 11.5. The molecular formula is C18H20N2O4. The number of amides is 1. The van der Waals surface area contributed by atoms with Crippen molar-refractivity contribution in [3.63, 3.8) is 0 Å². The number of aryl methyl sites for hydroxylation is 1. The van der Waals surface area contributed by atoms with Crippen molar-refractivity contribution in [2.75, 3.05) is 11.9 Å². The van der Waals surface area contributed by atoms with Crippen molar-refractivity contribution in [2.45, 2.75) is 26.7 Å². The summed E-state index contributed by atoms with van der Waals surface area (Å²) < 4.78 is 5.70. The highest BCUT2D eigenvalue weighted by atomic mass is 16.6. The monoisotopic (exact) mass is 328 g/mol. The molecule has 0 saturated carbocycles. The lowest BCUT2D eigenvalue weighted by atomic mass is 10.1. The van der Waals surface area contributed by atoms with E-state index < -0.39 is 4.92 Å². The van der Waals surface area contributed by atoms with E-state index in [0.717, 1.165) is 16.9 Å². The van der Waals surface area contributed by atoms with Crippen LogP contribution in [0, 0.1) is 24.0 Å².